The number of hydrogen-bond donors (Lipinski definition) is 1. The first-order valence-electron chi connectivity index (χ1n) is 9.01. The maximum Gasteiger partial charge on any atom is 0.255 e. The molecule has 2 aliphatic heterocycles. The maximum atomic E-state index is 12.3. The lowest BCUT2D eigenvalue weighted by Crippen LogP contribution is -2.43. The summed E-state index contributed by atoms with van der Waals surface area (Å²) >= 11 is 0. The van der Waals surface area contributed by atoms with Crippen LogP contribution < -0.4 is 5.32 Å². The molecule has 5 heteroatoms. The molecule has 2 saturated heterocycles. The Morgan fingerprint density at radius 3 is 2.70 bits per heavy atom. The molecule has 23 heavy (non-hydrogen) atoms. The summed E-state index contributed by atoms with van der Waals surface area (Å²) in [6.07, 6.45) is 7.84. The lowest BCUT2D eigenvalue weighted by molar-refractivity contribution is 0.0792. The molecule has 2 fully saturated rings. The Labute approximate surface area is 139 Å². The predicted molar refractivity (Wildman–Crippen MR) is 92.8 cm³/mol. The minimum absolute atomic E-state index is 0.117. The van der Waals surface area contributed by atoms with Crippen LogP contribution in [0, 0.1) is 0 Å². The lowest BCUT2D eigenvalue weighted by Gasteiger charge is -2.35. The number of aromatic nitrogens is 1. The molecular weight excluding hydrogens is 288 g/mol. The Morgan fingerprint density at radius 1 is 1.22 bits per heavy atom. The van der Waals surface area contributed by atoms with Crippen molar-refractivity contribution in [2.75, 3.05) is 38.0 Å². The van der Waals surface area contributed by atoms with Crippen LogP contribution in [-0.2, 0) is 0 Å². The fourth-order valence-electron chi connectivity index (χ4n) is 3.66. The standard InChI is InChI=1S/C18H28N4O/c1-2-21-10-4-3-7-16(21)14-20-17-9-8-15(13-19-17)18(23)22-11-5-6-12-22/h8-9,13,16H,2-7,10-12,14H2,1H3,(H,19,20)/t16-/m0/s1. The van der Waals surface area contributed by atoms with Crippen molar-refractivity contribution in [3.63, 3.8) is 0 Å². The van der Waals surface area contributed by atoms with E-state index in [1.165, 1.54) is 25.8 Å². The van der Waals surface area contributed by atoms with Crippen molar-refractivity contribution >= 4 is 11.7 Å². The number of pyridine rings is 1. The van der Waals surface area contributed by atoms with Gasteiger partial charge < -0.3 is 10.2 Å². The van der Waals surface area contributed by atoms with Gasteiger partial charge >= 0.3 is 0 Å². The van der Waals surface area contributed by atoms with E-state index in [1.54, 1.807) is 6.20 Å². The second kappa shape index (κ2) is 7.77. The van der Waals surface area contributed by atoms with Gasteiger partial charge in [0, 0.05) is 31.9 Å². The van der Waals surface area contributed by atoms with Gasteiger partial charge in [0.15, 0.2) is 0 Å². The molecule has 0 bridgehead atoms. The number of nitrogens with one attached hydrogen (secondary N) is 1. The smallest absolute Gasteiger partial charge is 0.255 e. The summed E-state index contributed by atoms with van der Waals surface area (Å²) in [6, 6.07) is 4.43. The highest BCUT2D eigenvalue weighted by atomic mass is 16.2. The molecule has 1 amide bonds. The van der Waals surface area contributed by atoms with Gasteiger partial charge in [-0.25, -0.2) is 4.98 Å². The van der Waals surface area contributed by atoms with E-state index in [1.807, 2.05) is 17.0 Å². The van der Waals surface area contributed by atoms with E-state index >= 15 is 0 Å². The molecule has 1 atom stereocenters. The SMILES string of the molecule is CCN1CCCC[C@H]1CNc1ccc(C(=O)N2CCCC2)cn1. The zero-order valence-corrected chi connectivity index (χ0v) is 14.1. The number of likely N-dealkylation sites (N-methyl/N-ethyl adjacent to an activating group) is 1. The Hall–Kier alpha value is -1.62. The van der Waals surface area contributed by atoms with Gasteiger partial charge in [-0.3, -0.25) is 9.69 Å². The zero-order valence-electron chi connectivity index (χ0n) is 14.1. The number of carbonyl (C=O) groups is 1. The van der Waals surface area contributed by atoms with Crippen molar-refractivity contribution in [2.24, 2.45) is 0 Å². The molecule has 1 N–H and O–H groups in total. The van der Waals surface area contributed by atoms with Crippen LogP contribution in [0.4, 0.5) is 5.82 Å². The van der Waals surface area contributed by atoms with E-state index in [0.717, 1.165) is 44.8 Å². The first-order chi connectivity index (χ1) is 11.3. The van der Waals surface area contributed by atoms with Gasteiger partial charge in [-0.1, -0.05) is 13.3 Å². The van der Waals surface area contributed by atoms with Gasteiger partial charge in [0.1, 0.15) is 5.82 Å². The summed E-state index contributed by atoms with van der Waals surface area (Å²) in [5, 5.41) is 3.44. The molecule has 126 valence electrons. The third-order valence-corrected chi connectivity index (χ3v) is 5.08. The van der Waals surface area contributed by atoms with Crippen LogP contribution in [0.1, 0.15) is 49.4 Å². The average Bonchev–Trinajstić information content (AvgIpc) is 3.14. The third kappa shape index (κ3) is 4.02. The van der Waals surface area contributed by atoms with Crippen molar-refractivity contribution in [3.8, 4) is 0 Å². The first-order valence-corrected chi connectivity index (χ1v) is 9.01. The van der Waals surface area contributed by atoms with E-state index in [2.05, 4.69) is 22.1 Å². The lowest BCUT2D eigenvalue weighted by atomic mass is 10.0. The molecule has 5 nitrogen and oxygen atoms in total. The van der Waals surface area contributed by atoms with E-state index in [0.29, 0.717) is 11.6 Å². The predicted octanol–water partition coefficient (Wildman–Crippen LogP) is 2.60. The van der Waals surface area contributed by atoms with Crippen LogP contribution in [0.5, 0.6) is 0 Å². The molecule has 0 aromatic carbocycles. The Morgan fingerprint density at radius 2 is 2.00 bits per heavy atom. The van der Waals surface area contributed by atoms with Crippen LogP contribution in [0.15, 0.2) is 18.3 Å². The zero-order chi connectivity index (χ0) is 16.1. The maximum absolute atomic E-state index is 12.3. The highest BCUT2D eigenvalue weighted by Crippen LogP contribution is 2.18. The van der Waals surface area contributed by atoms with Crippen LogP contribution >= 0.6 is 0 Å². The first kappa shape index (κ1) is 16.2. The van der Waals surface area contributed by atoms with Gasteiger partial charge in [-0.05, 0) is 50.9 Å². The molecule has 2 aliphatic rings. The molecule has 0 radical (unpaired) electrons. The van der Waals surface area contributed by atoms with Crippen molar-refractivity contribution in [2.45, 2.75) is 45.1 Å². The minimum atomic E-state index is 0.117. The number of carbonyl (C=O) groups excluding carboxylic acids is 1. The van der Waals surface area contributed by atoms with Crippen molar-refractivity contribution in [1.82, 2.24) is 14.8 Å². The molecule has 0 spiro atoms. The largest absolute Gasteiger partial charge is 0.369 e. The normalized spacial score (nSPS) is 22.3. The van der Waals surface area contributed by atoms with Crippen LogP contribution in [0.25, 0.3) is 0 Å². The van der Waals surface area contributed by atoms with E-state index < -0.39 is 0 Å². The number of likely N-dealkylation sites (tertiary alicyclic amines) is 2. The number of hydrogen-bond acceptors (Lipinski definition) is 4. The summed E-state index contributed by atoms with van der Waals surface area (Å²) in [6.45, 7) is 7.25. The number of nitrogens with zero attached hydrogens (tertiary/aromatic N) is 3. The Bertz CT molecular complexity index is 510. The fraction of sp³-hybridized carbons (Fsp3) is 0.667. The number of amides is 1. The molecule has 1 aromatic heterocycles. The van der Waals surface area contributed by atoms with Gasteiger partial charge in [-0.2, -0.15) is 0 Å². The Kier molecular flexibility index (Phi) is 5.49. The summed E-state index contributed by atoms with van der Waals surface area (Å²) in [7, 11) is 0. The summed E-state index contributed by atoms with van der Waals surface area (Å²) in [5.41, 5.74) is 0.699. The van der Waals surface area contributed by atoms with E-state index in [4.69, 9.17) is 0 Å². The summed E-state index contributed by atoms with van der Waals surface area (Å²) < 4.78 is 0. The third-order valence-electron chi connectivity index (χ3n) is 5.08. The quantitative estimate of drug-likeness (QED) is 0.907. The van der Waals surface area contributed by atoms with Crippen molar-refractivity contribution in [3.05, 3.63) is 23.9 Å². The van der Waals surface area contributed by atoms with Gasteiger partial charge in [0.2, 0.25) is 0 Å². The summed E-state index contributed by atoms with van der Waals surface area (Å²) in [5.74, 6) is 0.982. The van der Waals surface area contributed by atoms with E-state index in [-0.39, 0.29) is 5.91 Å². The summed E-state index contributed by atoms with van der Waals surface area (Å²) in [4.78, 5) is 21.2. The second-order valence-corrected chi connectivity index (χ2v) is 6.59. The second-order valence-electron chi connectivity index (χ2n) is 6.59. The molecule has 0 saturated carbocycles. The minimum Gasteiger partial charge on any atom is -0.369 e. The van der Waals surface area contributed by atoms with Crippen molar-refractivity contribution < 1.29 is 4.79 Å². The van der Waals surface area contributed by atoms with Crippen LogP contribution in [-0.4, -0.2) is 59.5 Å². The fourth-order valence-corrected chi connectivity index (χ4v) is 3.66. The number of piperidine rings is 1. The highest BCUT2D eigenvalue weighted by Gasteiger charge is 2.21. The monoisotopic (exact) mass is 316 g/mol. The van der Waals surface area contributed by atoms with Crippen LogP contribution in [0.3, 0.4) is 0 Å². The molecule has 0 unspecified atom stereocenters. The number of rotatable bonds is 5. The topological polar surface area (TPSA) is 48.5 Å². The highest BCUT2D eigenvalue weighted by molar-refractivity contribution is 5.94. The molecule has 1 aromatic rings. The van der Waals surface area contributed by atoms with Gasteiger partial charge in [-0.15, -0.1) is 0 Å². The Balaban J connectivity index is 1.53. The van der Waals surface area contributed by atoms with Crippen molar-refractivity contribution in [1.29, 1.82) is 0 Å². The molecular formula is C18H28N4O. The van der Waals surface area contributed by atoms with E-state index in [9.17, 15) is 4.79 Å². The van der Waals surface area contributed by atoms with Gasteiger partial charge in [0.05, 0.1) is 5.56 Å². The molecule has 0 aliphatic carbocycles. The molecule has 3 heterocycles. The van der Waals surface area contributed by atoms with Gasteiger partial charge in [0.25, 0.3) is 5.91 Å². The molecule has 3 rings (SSSR count). The van der Waals surface area contributed by atoms with Crippen LogP contribution in [0.2, 0.25) is 0 Å². The number of anilines is 1. The average molecular weight is 316 g/mol.